The Hall–Kier alpha value is -2.91. The first-order valence-electron chi connectivity index (χ1n) is 11.8. The number of nitrogens with one attached hydrogen (secondary N) is 1. The highest BCUT2D eigenvalue weighted by Crippen LogP contribution is 2.31. The first-order valence-corrected chi connectivity index (χ1v) is 11.8. The van der Waals surface area contributed by atoms with E-state index in [0.29, 0.717) is 45.0 Å². The molecule has 1 N–H and O–H groups in total. The Morgan fingerprint density at radius 1 is 1.09 bits per heavy atom. The third-order valence-corrected chi connectivity index (χ3v) is 6.32. The number of amides is 2. The number of nitrogens with zero attached hydrogens (tertiary/aromatic N) is 3. The highest BCUT2D eigenvalue weighted by Gasteiger charge is 2.40. The highest BCUT2D eigenvalue weighted by atomic mass is 16.7. The van der Waals surface area contributed by atoms with Crippen LogP contribution in [0.25, 0.3) is 5.69 Å². The highest BCUT2D eigenvalue weighted by molar-refractivity contribution is 5.93. The van der Waals surface area contributed by atoms with Crippen molar-refractivity contribution in [2.24, 2.45) is 0 Å². The second kappa shape index (κ2) is 9.76. The molecule has 2 aromatic rings. The summed E-state index contributed by atoms with van der Waals surface area (Å²) < 4.78 is 18.4. The fourth-order valence-corrected chi connectivity index (χ4v) is 4.22. The Balaban J connectivity index is 1.38. The van der Waals surface area contributed by atoms with Crippen molar-refractivity contribution in [1.82, 2.24) is 14.7 Å². The van der Waals surface area contributed by atoms with Crippen LogP contribution in [0, 0.1) is 0 Å². The number of likely N-dealkylation sites (tertiary alicyclic amines) is 1. The van der Waals surface area contributed by atoms with Gasteiger partial charge in [0.05, 0.1) is 31.7 Å². The average molecular weight is 471 g/mol. The Morgan fingerprint density at radius 3 is 2.32 bits per heavy atom. The molecule has 0 bridgehead atoms. The first-order chi connectivity index (χ1) is 16.2. The summed E-state index contributed by atoms with van der Waals surface area (Å²) in [6, 6.07) is 9.36. The van der Waals surface area contributed by atoms with Crippen molar-refractivity contribution in [3.63, 3.8) is 0 Å². The molecule has 0 aliphatic carbocycles. The van der Waals surface area contributed by atoms with Crippen LogP contribution in [0.2, 0.25) is 0 Å². The summed E-state index contributed by atoms with van der Waals surface area (Å²) in [5.41, 5.74) is 1.47. The van der Waals surface area contributed by atoms with E-state index in [-0.39, 0.29) is 30.1 Å². The van der Waals surface area contributed by atoms with Gasteiger partial charge in [0.2, 0.25) is 11.8 Å². The molecular weight excluding hydrogens is 436 g/mol. The fraction of sp³-hybridized carbons (Fsp3) is 0.560. The number of piperidine rings is 1. The monoisotopic (exact) mass is 470 g/mol. The molecule has 3 heterocycles. The van der Waals surface area contributed by atoms with Gasteiger partial charge in [-0.3, -0.25) is 9.59 Å². The molecule has 9 heteroatoms. The zero-order valence-corrected chi connectivity index (χ0v) is 20.4. The maximum Gasteiger partial charge on any atom is 0.226 e. The van der Waals surface area contributed by atoms with Gasteiger partial charge in [-0.25, -0.2) is 4.68 Å². The van der Waals surface area contributed by atoms with Gasteiger partial charge in [0.15, 0.2) is 5.79 Å². The molecule has 0 radical (unpaired) electrons. The van der Waals surface area contributed by atoms with Crippen LogP contribution in [0.3, 0.4) is 0 Å². The molecular formula is C25H34N4O5. The predicted molar refractivity (Wildman–Crippen MR) is 127 cm³/mol. The van der Waals surface area contributed by atoms with Crippen LogP contribution in [-0.4, -0.2) is 65.7 Å². The summed E-state index contributed by atoms with van der Waals surface area (Å²) in [6.45, 7) is 8.60. The van der Waals surface area contributed by atoms with Crippen molar-refractivity contribution in [3.05, 3.63) is 36.0 Å². The normalized spacial score (nSPS) is 17.7. The van der Waals surface area contributed by atoms with Crippen LogP contribution in [0.4, 0.5) is 5.82 Å². The summed E-state index contributed by atoms with van der Waals surface area (Å²) in [5.74, 6) is 0.550. The van der Waals surface area contributed by atoms with Gasteiger partial charge in [-0.05, 0) is 24.3 Å². The Kier molecular flexibility index (Phi) is 6.95. The third kappa shape index (κ3) is 5.42. The number of carbonyl (C=O) groups excluding carboxylic acids is 2. The third-order valence-electron chi connectivity index (χ3n) is 6.32. The maximum atomic E-state index is 12.8. The zero-order chi connectivity index (χ0) is 24.3. The van der Waals surface area contributed by atoms with Crippen molar-refractivity contribution in [3.8, 4) is 11.4 Å². The van der Waals surface area contributed by atoms with E-state index in [2.05, 4.69) is 26.1 Å². The summed E-state index contributed by atoms with van der Waals surface area (Å²) in [5, 5.41) is 7.67. The lowest BCUT2D eigenvalue weighted by atomic mass is 9.92. The van der Waals surface area contributed by atoms with E-state index in [1.54, 1.807) is 16.7 Å². The zero-order valence-electron chi connectivity index (χ0n) is 20.4. The largest absolute Gasteiger partial charge is 0.497 e. The molecule has 2 aliphatic rings. The second-order valence-electron chi connectivity index (χ2n) is 9.81. The number of anilines is 1. The molecule has 1 aromatic carbocycles. The van der Waals surface area contributed by atoms with Gasteiger partial charge < -0.3 is 24.4 Å². The van der Waals surface area contributed by atoms with Crippen LogP contribution in [0.15, 0.2) is 30.3 Å². The van der Waals surface area contributed by atoms with E-state index in [1.165, 1.54) is 0 Å². The van der Waals surface area contributed by atoms with Crippen LogP contribution in [0.1, 0.15) is 52.1 Å². The SMILES string of the molecule is COc1ccc(-n2nc(C(C)(C)C)cc2NC(=O)CCC(=O)N2CCC3(CC2)OCCO3)cc1. The van der Waals surface area contributed by atoms with E-state index in [9.17, 15) is 9.59 Å². The molecule has 184 valence electrons. The van der Waals surface area contributed by atoms with Crippen molar-refractivity contribution in [2.45, 2.75) is 57.7 Å². The molecule has 0 atom stereocenters. The standard InChI is InChI=1S/C25H34N4O5/c1-24(2,3)20-17-21(29(27-20)18-5-7-19(32-4)8-6-18)26-22(30)9-10-23(31)28-13-11-25(12-14-28)33-15-16-34-25/h5-8,17H,9-16H2,1-4H3,(H,26,30). The van der Waals surface area contributed by atoms with Crippen LogP contribution >= 0.6 is 0 Å². The molecule has 1 aromatic heterocycles. The summed E-state index contributed by atoms with van der Waals surface area (Å²) in [6.07, 6.45) is 1.60. The molecule has 1 spiro atoms. The first kappa shape index (κ1) is 24.2. The number of carbonyl (C=O) groups is 2. The molecule has 2 amide bonds. The number of aromatic nitrogens is 2. The van der Waals surface area contributed by atoms with Gasteiger partial charge in [0.25, 0.3) is 0 Å². The van der Waals surface area contributed by atoms with E-state index in [0.717, 1.165) is 17.1 Å². The molecule has 9 nitrogen and oxygen atoms in total. The number of benzene rings is 1. The predicted octanol–water partition coefficient (Wildman–Crippen LogP) is 3.26. The Labute approximate surface area is 200 Å². The van der Waals surface area contributed by atoms with E-state index in [1.807, 2.05) is 30.3 Å². The number of hydrogen-bond donors (Lipinski definition) is 1. The summed E-state index contributed by atoms with van der Waals surface area (Å²) >= 11 is 0. The van der Waals surface area contributed by atoms with Gasteiger partial charge >= 0.3 is 0 Å². The number of hydrogen-bond acceptors (Lipinski definition) is 6. The van der Waals surface area contributed by atoms with E-state index < -0.39 is 5.79 Å². The maximum absolute atomic E-state index is 12.8. The minimum atomic E-state index is -0.515. The van der Waals surface area contributed by atoms with E-state index in [4.69, 9.17) is 19.3 Å². The van der Waals surface area contributed by atoms with Crippen LogP contribution in [0.5, 0.6) is 5.75 Å². The van der Waals surface area contributed by atoms with Crippen molar-refractivity contribution in [2.75, 3.05) is 38.7 Å². The van der Waals surface area contributed by atoms with Gasteiger partial charge in [-0.2, -0.15) is 5.10 Å². The minimum Gasteiger partial charge on any atom is -0.497 e. The molecule has 4 rings (SSSR count). The lowest BCUT2D eigenvalue weighted by Crippen LogP contribution is -2.47. The molecule has 34 heavy (non-hydrogen) atoms. The van der Waals surface area contributed by atoms with Gasteiger partial charge in [-0.1, -0.05) is 20.8 Å². The molecule has 0 saturated carbocycles. The van der Waals surface area contributed by atoms with Crippen LogP contribution < -0.4 is 10.1 Å². The smallest absolute Gasteiger partial charge is 0.226 e. The van der Waals surface area contributed by atoms with Crippen LogP contribution in [-0.2, 0) is 24.5 Å². The minimum absolute atomic E-state index is 0.0259. The summed E-state index contributed by atoms with van der Waals surface area (Å²) in [4.78, 5) is 27.2. The lowest BCUT2D eigenvalue weighted by molar-refractivity contribution is -0.187. The Morgan fingerprint density at radius 2 is 1.74 bits per heavy atom. The van der Waals surface area contributed by atoms with Crippen molar-refractivity contribution < 1.29 is 23.8 Å². The van der Waals surface area contributed by atoms with Gasteiger partial charge in [-0.15, -0.1) is 0 Å². The molecule has 2 saturated heterocycles. The molecule has 2 fully saturated rings. The van der Waals surface area contributed by atoms with E-state index >= 15 is 0 Å². The summed E-state index contributed by atoms with van der Waals surface area (Å²) in [7, 11) is 1.62. The number of methoxy groups -OCH3 is 1. The number of rotatable bonds is 6. The van der Waals surface area contributed by atoms with Gasteiger partial charge in [0, 0.05) is 50.3 Å². The van der Waals surface area contributed by atoms with Gasteiger partial charge in [0.1, 0.15) is 11.6 Å². The molecule has 2 aliphatic heterocycles. The fourth-order valence-electron chi connectivity index (χ4n) is 4.22. The van der Waals surface area contributed by atoms with Crippen molar-refractivity contribution in [1.29, 1.82) is 0 Å². The van der Waals surface area contributed by atoms with Crippen molar-refractivity contribution >= 4 is 17.6 Å². The number of ether oxygens (including phenoxy) is 3. The topological polar surface area (TPSA) is 94.9 Å². The molecule has 0 unspecified atom stereocenters. The lowest BCUT2D eigenvalue weighted by Gasteiger charge is -2.37. The quantitative estimate of drug-likeness (QED) is 0.696. The second-order valence-corrected chi connectivity index (χ2v) is 9.81. The average Bonchev–Trinajstić information content (AvgIpc) is 3.45. The Bertz CT molecular complexity index is 1010.